The molecule has 6 heterocycles. The second kappa shape index (κ2) is 26.2. The highest BCUT2D eigenvalue weighted by Crippen LogP contribution is 2.39. The Labute approximate surface area is 456 Å². The van der Waals surface area contributed by atoms with Crippen molar-refractivity contribution in [1.82, 2.24) is 39.7 Å². The van der Waals surface area contributed by atoms with Gasteiger partial charge in [0.1, 0.15) is 52.4 Å². The molecule has 6 aromatic rings. The summed E-state index contributed by atoms with van der Waals surface area (Å²) in [4.78, 5) is 56.6. The van der Waals surface area contributed by atoms with Crippen molar-refractivity contribution in [3.05, 3.63) is 122 Å². The van der Waals surface area contributed by atoms with E-state index in [9.17, 15) is 40.3 Å². The molecule has 2 aromatic carbocycles. The smallest absolute Gasteiger partial charge is 0.421 e. The predicted molar refractivity (Wildman–Crippen MR) is 293 cm³/mol. The van der Waals surface area contributed by atoms with Crippen LogP contribution >= 0.6 is 0 Å². The normalized spacial score (nSPS) is 15.4. The van der Waals surface area contributed by atoms with Gasteiger partial charge in [-0.15, -0.1) is 0 Å². The average molecular weight is 1120 g/mol. The van der Waals surface area contributed by atoms with Crippen LogP contribution in [0.1, 0.15) is 24.0 Å². The van der Waals surface area contributed by atoms with E-state index in [0.717, 1.165) is 44.6 Å². The first kappa shape index (κ1) is 58.8. The van der Waals surface area contributed by atoms with E-state index in [-0.39, 0.29) is 41.1 Å². The summed E-state index contributed by atoms with van der Waals surface area (Å²) in [6.45, 7) is 10.2. The lowest BCUT2D eigenvalue weighted by molar-refractivity contribution is -0.138. The molecule has 2 unspecified atom stereocenters. The zero-order valence-electron chi connectivity index (χ0n) is 44.2. The van der Waals surface area contributed by atoms with Gasteiger partial charge in [-0.2, -0.15) is 46.3 Å². The maximum Gasteiger partial charge on any atom is 0.421 e. The maximum absolute atomic E-state index is 13.8. The molecule has 424 valence electrons. The van der Waals surface area contributed by atoms with Crippen molar-refractivity contribution in [2.45, 2.75) is 37.3 Å². The molecule has 2 amide bonds. The van der Waals surface area contributed by atoms with Crippen LogP contribution in [0.5, 0.6) is 11.8 Å². The van der Waals surface area contributed by atoms with E-state index in [4.69, 9.17) is 9.47 Å². The average Bonchev–Trinajstić information content (AvgIpc) is 4.10. The molecule has 80 heavy (non-hydrogen) atoms. The Morgan fingerprint density at radius 2 is 1.09 bits per heavy atom. The highest BCUT2D eigenvalue weighted by Gasteiger charge is 2.37. The lowest BCUT2D eigenvalue weighted by atomic mass is 10.2. The van der Waals surface area contributed by atoms with E-state index in [2.05, 4.69) is 96.7 Å². The Kier molecular flexibility index (Phi) is 19.3. The van der Waals surface area contributed by atoms with Crippen molar-refractivity contribution in [2.75, 3.05) is 116 Å². The van der Waals surface area contributed by atoms with Gasteiger partial charge in [0.05, 0.1) is 14.2 Å². The number of rotatable bonds is 20. The fraction of sp³-hybridized carbons (Fsp3) is 0.321. The molecule has 2 aliphatic rings. The molecule has 6 N–H and O–H groups in total. The van der Waals surface area contributed by atoms with Gasteiger partial charge >= 0.3 is 12.4 Å². The van der Waals surface area contributed by atoms with Gasteiger partial charge < -0.3 is 56.1 Å². The van der Waals surface area contributed by atoms with Gasteiger partial charge in [-0.25, -0.2) is 14.4 Å². The van der Waals surface area contributed by atoms with E-state index in [1.165, 1.54) is 32.4 Å². The Hall–Kier alpha value is -8.85. The largest absolute Gasteiger partial charge is 0.479 e. The number of likely N-dealkylation sites (N-methyl/N-ethyl adjacent to an activating group) is 3. The van der Waals surface area contributed by atoms with Crippen molar-refractivity contribution in [2.24, 2.45) is 0 Å². The number of anilines is 12. The second-order valence-corrected chi connectivity index (χ2v) is 18.3. The van der Waals surface area contributed by atoms with Crippen molar-refractivity contribution in [3.63, 3.8) is 0 Å². The van der Waals surface area contributed by atoms with Crippen LogP contribution in [0.4, 0.5) is 100 Å². The molecule has 0 bridgehead atoms. The quantitative estimate of drug-likeness (QED) is 0.0310. The second-order valence-electron chi connectivity index (χ2n) is 18.3. The standard InChI is InChI=1S/C27H30F4N8O2.C26H29F3N8O2/c1-4-23(40)33-17-6-5-7-18(14-17)34-24-20(27(29,30)31)15-32-26(37-24)35-21-8-9-22(36-25(21)41-3)38(2)19-10-12-39(16-19)13-11-28;1-5-22(38)31-16-7-6-8-17(13-16)32-23-19(26(27,28)29)14-30-25(35-23)33-20-9-10-21(34-24(20)39-4)37(3)18-11-12-36(2)15-18/h4-9,14-15,19H,1,10-13,16H2,2-3H3,(H,33,40)(H2,32,34,35,37);5-10,13-14,18H,1,11-12,15H2,2-4H3,(H,31,38)(H2,30,32,33,35). The zero-order valence-corrected chi connectivity index (χ0v) is 44.2. The number of carbonyl (C=O) groups is 2. The summed E-state index contributed by atoms with van der Waals surface area (Å²) in [7, 11) is 8.81. The molecule has 0 saturated carbocycles. The number of alkyl halides is 7. The molecule has 0 spiro atoms. The number of halogens is 7. The number of benzene rings is 2. The number of nitrogens with one attached hydrogen (secondary N) is 6. The summed E-state index contributed by atoms with van der Waals surface area (Å²) >= 11 is 0. The van der Waals surface area contributed by atoms with Gasteiger partial charge in [0.2, 0.25) is 35.5 Å². The fourth-order valence-electron chi connectivity index (χ4n) is 8.55. The molecule has 2 atom stereocenters. The first-order valence-corrected chi connectivity index (χ1v) is 24.7. The van der Waals surface area contributed by atoms with E-state index in [1.54, 1.807) is 54.6 Å². The van der Waals surface area contributed by atoms with E-state index in [0.29, 0.717) is 65.9 Å². The zero-order chi connectivity index (χ0) is 57.7. The highest BCUT2D eigenvalue weighted by atomic mass is 19.4. The summed E-state index contributed by atoms with van der Waals surface area (Å²) in [5.74, 6) is -0.344. The molecular weight excluding hydrogens is 1060 g/mol. The number of methoxy groups -OCH3 is 2. The predicted octanol–water partition coefficient (Wildman–Crippen LogP) is 9.64. The van der Waals surface area contributed by atoms with Crippen LogP contribution in [0.25, 0.3) is 0 Å². The van der Waals surface area contributed by atoms with E-state index >= 15 is 0 Å². The van der Waals surface area contributed by atoms with Gasteiger partial charge in [-0.3, -0.25) is 14.5 Å². The van der Waals surface area contributed by atoms with Crippen LogP contribution in [0.15, 0.2) is 111 Å². The van der Waals surface area contributed by atoms with Crippen LogP contribution in [-0.2, 0) is 21.9 Å². The molecular formula is C53H59F7N16O4. The number of nitrogens with zero attached hydrogens (tertiary/aromatic N) is 10. The number of pyridine rings is 2. The maximum atomic E-state index is 13.8. The van der Waals surface area contributed by atoms with Crippen LogP contribution in [0.2, 0.25) is 0 Å². The summed E-state index contributed by atoms with van der Waals surface area (Å²) in [6, 6.07) is 19.7. The monoisotopic (exact) mass is 1120 g/mol. The number of hydrogen-bond donors (Lipinski definition) is 6. The third kappa shape index (κ3) is 15.5. The number of aromatic nitrogens is 6. The van der Waals surface area contributed by atoms with Gasteiger partial charge in [0, 0.05) is 87.5 Å². The Morgan fingerprint density at radius 1 is 0.650 bits per heavy atom. The van der Waals surface area contributed by atoms with Gasteiger partial charge in [0.25, 0.3) is 0 Å². The number of amides is 2. The minimum atomic E-state index is -4.74. The molecule has 8 rings (SSSR count). The summed E-state index contributed by atoms with van der Waals surface area (Å²) in [5, 5.41) is 16.2. The molecule has 4 aromatic heterocycles. The minimum absolute atomic E-state index is 0.0970. The SMILES string of the molecule is C=CC(=O)Nc1cccc(Nc2nc(Nc3ccc(N(C)C4CCN(C)C4)nc3OC)ncc2C(F)(F)F)c1.C=CC(=O)Nc1cccc(Nc2nc(Nc3ccc(N(C)C4CCN(CCF)C4)nc3OC)ncc2C(F)(F)F)c1. The third-order valence-corrected chi connectivity index (χ3v) is 12.7. The topological polar surface area (TPSA) is 215 Å². The number of ether oxygens (including phenoxy) is 2. The van der Waals surface area contributed by atoms with E-state index < -0.39 is 53.6 Å². The number of carbonyl (C=O) groups excluding carboxylic acids is 2. The molecule has 2 fully saturated rings. The van der Waals surface area contributed by atoms with Crippen LogP contribution in [0.3, 0.4) is 0 Å². The Bertz CT molecular complexity index is 3150. The Morgan fingerprint density at radius 3 is 1.49 bits per heavy atom. The lowest BCUT2D eigenvalue weighted by Crippen LogP contribution is -2.35. The molecule has 0 radical (unpaired) electrons. The molecule has 2 aliphatic heterocycles. The number of likely N-dealkylation sites (tertiary alicyclic amines) is 2. The highest BCUT2D eigenvalue weighted by molar-refractivity contribution is 5.99. The minimum Gasteiger partial charge on any atom is -0.479 e. The van der Waals surface area contributed by atoms with Crippen LogP contribution < -0.4 is 51.2 Å². The van der Waals surface area contributed by atoms with E-state index in [1.807, 2.05) is 19.0 Å². The van der Waals surface area contributed by atoms with Gasteiger partial charge in [-0.1, -0.05) is 25.3 Å². The van der Waals surface area contributed by atoms with Crippen LogP contribution in [-0.4, -0.2) is 138 Å². The van der Waals surface area contributed by atoms with Gasteiger partial charge in [-0.05, 0) is 99.2 Å². The van der Waals surface area contributed by atoms with Crippen LogP contribution in [0, 0.1) is 0 Å². The first-order valence-electron chi connectivity index (χ1n) is 24.7. The van der Waals surface area contributed by atoms with Crippen molar-refractivity contribution >= 4 is 81.1 Å². The lowest BCUT2D eigenvalue weighted by Gasteiger charge is -2.26. The molecule has 2 saturated heterocycles. The molecule has 0 aliphatic carbocycles. The van der Waals surface area contributed by atoms with Crippen molar-refractivity contribution in [1.29, 1.82) is 0 Å². The summed E-state index contributed by atoms with van der Waals surface area (Å²) < 4.78 is 106. The van der Waals surface area contributed by atoms with Gasteiger partial charge in [0.15, 0.2) is 0 Å². The van der Waals surface area contributed by atoms with Crippen molar-refractivity contribution < 1.29 is 49.8 Å². The summed E-state index contributed by atoms with van der Waals surface area (Å²) in [5.41, 5.74) is -0.151. The Balaban J connectivity index is 0.000000231. The third-order valence-electron chi connectivity index (χ3n) is 12.7. The summed E-state index contributed by atoms with van der Waals surface area (Å²) in [6.07, 6.45) is -4.04. The molecule has 20 nitrogen and oxygen atoms in total. The first-order chi connectivity index (χ1) is 38.2. The number of hydrogen-bond acceptors (Lipinski definition) is 18. The molecule has 27 heteroatoms. The fourth-order valence-corrected chi connectivity index (χ4v) is 8.55. The van der Waals surface area contributed by atoms with Crippen molar-refractivity contribution in [3.8, 4) is 11.8 Å².